The van der Waals surface area contributed by atoms with E-state index in [0.29, 0.717) is 18.0 Å². The number of nitrogens with one attached hydrogen (secondary N) is 2. The minimum atomic E-state index is -4.03. The van der Waals surface area contributed by atoms with E-state index in [2.05, 4.69) is 32.6 Å². The molecule has 0 saturated carbocycles. The summed E-state index contributed by atoms with van der Waals surface area (Å²) >= 11 is 8.33. The Morgan fingerprint density at radius 2 is 1.75 bits per heavy atom. The zero-order chi connectivity index (χ0) is 23.1. The SMILES string of the molecule is CCOc1ccc(S(=O)(=O)NC(Cc2ccccc2)C(=O)Nc2ccc(I)cc2)cc1Cl. The van der Waals surface area contributed by atoms with Gasteiger partial charge < -0.3 is 10.1 Å². The molecule has 3 rings (SSSR count). The lowest BCUT2D eigenvalue weighted by Crippen LogP contribution is -2.45. The number of hydrogen-bond donors (Lipinski definition) is 2. The van der Waals surface area contributed by atoms with Gasteiger partial charge in [-0.15, -0.1) is 0 Å². The lowest BCUT2D eigenvalue weighted by atomic mass is 10.1. The van der Waals surface area contributed by atoms with E-state index in [1.165, 1.54) is 18.2 Å². The molecular weight excluding hydrogens is 563 g/mol. The Balaban J connectivity index is 1.86. The minimum Gasteiger partial charge on any atom is -0.492 e. The molecule has 3 aromatic carbocycles. The predicted molar refractivity (Wildman–Crippen MR) is 135 cm³/mol. The molecule has 2 N–H and O–H groups in total. The molecule has 0 radical (unpaired) electrons. The van der Waals surface area contributed by atoms with Gasteiger partial charge in [0.15, 0.2) is 0 Å². The molecule has 9 heteroatoms. The quantitative estimate of drug-likeness (QED) is 0.352. The number of hydrogen-bond acceptors (Lipinski definition) is 4. The van der Waals surface area contributed by atoms with Gasteiger partial charge in [0.1, 0.15) is 11.8 Å². The number of sulfonamides is 1. The van der Waals surface area contributed by atoms with Crippen LogP contribution in [0.15, 0.2) is 77.7 Å². The fourth-order valence-electron chi connectivity index (χ4n) is 2.98. The average molecular weight is 585 g/mol. The number of carbonyl (C=O) groups excluding carboxylic acids is 1. The molecular formula is C23H22ClIN2O4S. The van der Waals surface area contributed by atoms with E-state index < -0.39 is 22.0 Å². The summed E-state index contributed by atoms with van der Waals surface area (Å²) in [6.45, 7) is 2.21. The first-order valence-electron chi connectivity index (χ1n) is 9.83. The molecule has 1 amide bonds. The highest BCUT2D eigenvalue weighted by atomic mass is 127. The summed E-state index contributed by atoms with van der Waals surface area (Å²) in [5.41, 5.74) is 1.40. The van der Waals surface area contributed by atoms with Crippen molar-refractivity contribution in [3.63, 3.8) is 0 Å². The lowest BCUT2D eigenvalue weighted by Gasteiger charge is -2.19. The van der Waals surface area contributed by atoms with Crippen molar-refractivity contribution in [2.45, 2.75) is 24.3 Å². The summed E-state index contributed by atoms with van der Waals surface area (Å²) in [6.07, 6.45) is 0.182. The molecule has 0 saturated heterocycles. The van der Waals surface area contributed by atoms with Crippen molar-refractivity contribution in [1.29, 1.82) is 0 Å². The molecule has 0 aliphatic heterocycles. The van der Waals surface area contributed by atoms with Crippen molar-refractivity contribution < 1.29 is 17.9 Å². The fourth-order valence-corrected chi connectivity index (χ4v) is 4.86. The first kappa shape index (κ1) is 24.5. The zero-order valence-corrected chi connectivity index (χ0v) is 20.9. The Bertz CT molecular complexity index is 1170. The van der Waals surface area contributed by atoms with Crippen LogP contribution in [0.4, 0.5) is 5.69 Å². The molecule has 32 heavy (non-hydrogen) atoms. The maximum absolute atomic E-state index is 13.1. The highest BCUT2D eigenvalue weighted by Crippen LogP contribution is 2.27. The second-order valence-electron chi connectivity index (χ2n) is 6.88. The van der Waals surface area contributed by atoms with Gasteiger partial charge in [-0.3, -0.25) is 4.79 Å². The van der Waals surface area contributed by atoms with Crippen LogP contribution in [0.5, 0.6) is 5.75 Å². The van der Waals surface area contributed by atoms with Crippen LogP contribution < -0.4 is 14.8 Å². The Morgan fingerprint density at radius 1 is 1.06 bits per heavy atom. The number of anilines is 1. The topological polar surface area (TPSA) is 84.5 Å². The third-order valence-corrected chi connectivity index (χ3v) is 7.01. The second-order valence-corrected chi connectivity index (χ2v) is 10.3. The van der Waals surface area contributed by atoms with Crippen molar-refractivity contribution in [2.75, 3.05) is 11.9 Å². The smallest absolute Gasteiger partial charge is 0.242 e. The molecule has 6 nitrogen and oxygen atoms in total. The Kier molecular flexibility index (Phi) is 8.52. The standard InChI is InChI=1S/C23H22ClIN2O4S/c1-2-31-22-13-12-19(15-20(22)24)32(29,30)27-21(14-16-6-4-3-5-7-16)23(28)26-18-10-8-17(25)9-11-18/h3-13,15,21,27H,2,14H2,1H3,(H,26,28). The Morgan fingerprint density at radius 3 is 2.38 bits per heavy atom. The molecule has 1 unspecified atom stereocenters. The van der Waals surface area contributed by atoms with Gasteiger partial charge in [-0.2, -0.15) is 4.72 Å². The maximum Gasteiger partial charge on any atom is 0.242 e. The Labute approximate surface area is 206 Å². The van der Waals surface area contributed by atoms with Crippen LogP contribution in [0, 0.1) is 3.57 Å². The number of carbonyl (C=O) groups is 1. The van der Waals surface area contributed by atoms with Crippen LogP contribution in [0.25, 0.3) is 0 Å². The number of ether oxygens (including phenoxy) is 1. The molecule has 0 bridgehead atoms. The van der Waals surface area contributed by atoms with Crippen molar-refractivity contribution in [3.8, 4) is 5.75 Å². The van der Waals surface area contributed by atoms with E-state index in [9.17, 15) is 13.2 Å². The third kappa shape index (κ3) is 6.68. The van der Waals surface area contributed by atoms with Gasteiger partial charge in [-0.1, -0.05) is 41.9 Å². The number of halogens is 2. The summed E-state index contributed by atoms with van der Waals surface area (Å²) in [6, 6.07) is 19.6. The molecule has 1 atom stereocenters. The van der Waals surface area contributed by atoms with Crippen LogP contribution >= 0.6 is 34.2 Å². The van der Waals surface area contributed by atoms with Crippen molar-refractivity contribution in [2.24, 2.45) is 0 Å². The van der Waals surface area contributed by atoms with Gasteiger partial charge in [0.05, 0.1) is 16.5 Å². The van der Waals surface area contributed by atoms with E-state index in [0.717, 1.165) is 9.13 Å². The number of benzene rings is 3. The first-order valence-corrected chi connectivity index (χ1v) is 12.8. The van der Waals surface area contributed by atoms with Gasteiger partial charge in [0, 0.05) is 9.26 Å². The molecule has 0 spiro atoms. The summed E-state index contributed by atoms with van der Waals surface area (Å²) in [4.78, 5) is 13.0. The minimum absolute atomic E-state index is 0.0499. The second kappa shape index (κ2) is 11.1. The van der Waals surface area contributed by atoms with E-state index in [4.69, 9.17) is 16.3 Å². The van der Waals surface area contributed by atoms with Crippen LogP contribution in [0.3, 0.4) is 0 Å². The lowest BCUT2D eigenvalue weighted by molar-refractivity contribution is -0.117. The number of rotatable bonds is 9. The van der Waals surface area contributed by atoms with E-state index in [1.807, 2.05) is 49.4 Å². The predicted octanol–water partition coefficient (Wildman–Crippen LogP) is 4.87. The van der Waals surface area contributed by atoms with Crippen molar-refractivity contribution in [1.82, 2.24) is 4.72 Å². The molecule has 0 aliphatic rings. The molecule has 0 aliphatic carbocycles. The van der Waals surface area contributed by atoms with Crippen LogP contribution in [0.1, 0.15) is 12.5 Å². The highest BCUT2D eigenvalue weighted by molar-refractivity contribution is 14.1. The van der Waals surface area contributed by atoms with Crippen molar-refractivity contribution in [3.05, 3.63) is 87.0 Å². The molecule has 0 heterocycles. The first-order chi connectivity index (χ1) is 15.3. The summed E-state index contributed by atoms with van der Waals surface area (Å²) in [5.74, 6) is -0.0684. The normalized spacial score (nSPS) is 12.2. The van der Waals surface area contributed by atoms with Crippen LogP contribution in [-0.2, 0) is 21.2 Å². The van der Waals surface area contributed by atoms with Gasteiger partial charge in [0.2, 0.25) is 15.9 Å². The molecule has 3 aromatic rings. The monoisotopic (exact) mass is 584 g/mol. The third-order valence-electron chi connectivity index (χ3n) is 4.52. The average Bonchev–Trinajstić information content (AvgIpc) is 2.77. The van der Waals surface area contributed by atoms with Crippen LogP contribution in [-0.4, -0.2) is 27.0 Å². The van der Waals surface area contributed by atoms with Gasteiger partial charge in [-0.05, 0) is 84.0 Å². The van der Waals surface area contributed by atoms with Gasteiger partial charge in [-0.25, -0.2) is 8.42 Å². The van der Waals surface area contributed by atoms with E-state index >= 15 is 0 Å². The van der Waals surface area contributed by atoms with Gasteiger partial charge >= 0.3 is 0 Å². The van der Waals surface area contributed by atoms with Crippen LogP contribution in [0.2, 0.25) is 5.02 Å². The maximum atomic E-state index is 13.1. The summed E-state index contributed by atoms with van der Waals surface area (Å²) in [5, 5.41) is 2.96. The molecule has 0 fully saturated rings. The molecule has 168 valence electrons. The summed E-state index contributed by atoms with van der Waals surface area (Å²) < 4.78 is 35.0. The van der Waals surface area contributed by atoms with Gasteiger partial charge in [0.25, 0.3) is 0 Å². The van der Waals surface area contributed by atoms with E-state index in [-0.39, 0.29) is 16.3 Å². The molecule has 0 aromatic heterocycles. The Hall–Kier alpha value is -2.14. The van der Waals surface area contributed by atoms with E-state index in [1.54, 1.807) is 12.1 Å². The zero-order valence-electron chi connectivity index (χ0n) is 17.2. The number of amides is 1. The van der Waals surface area contributed by atoms with Crippen molar-refractivity contribution >= 4 is 55.8 Å². The summed E-state index contributed by atoms with van der Waals surface area (Å²) in [7, 11) is -4.03. The largest absolute Gasteiger partial charge is 0.492 e. The fraction of sp³-hybridized carbons (Fsp3) is 0.174. The highest BCUT2D eigenvalue weighted by Gasteiger charge is 2.27.